The number of hydrogen-bond acceptors (Lipinski definition) is 3. The van der Waals surface area contributed by atoms with Crippen LogP contribution < -0.4 is 0 Å². The molecule has 0 aliphatic carbocycles. The summed E-state index contributed by atoms with van der Waals surface area (Å²) in [7, 11) is 0. The van der Waals surface area contributed by atoms with Crippen molar-refractivity contribution in [3.05, 3.63) is 33.7 Å². The van der Waals surface area contributed by atoms with Gasteiger partial charge in [0.25, 0.3) is 0 Å². The van der Waals surface area contributed by atoms with Crippen LogP contribution in [0.25, 0.3) is 10.4 Å². The highest BCUT2D eigenvalue weighted by atomic mass is 127. The molecule has 0 unspecified atom stereocenters. The maximum atomic E-state index is 3.96. The molecule has 60 valence electrons. The fourth-order valence-electron chi connectivity index (χ4n) is 0.896. The van der Waals surface area contributed by atoms with Crippen LogP contribution in [0.1, 0.15) is 0 Å². The lowest BCUT2D eigenvalue weighted by Crippen LogP contribution is -1.77. The summed E-state index contributed by atoms with van der Waals surface area (Å²) in [5.41, 5.74) is 1.09. The summed E-state index contributed by atoms with van der Waals surface area (Å²) in [5.74, 6) is 0. The number of halogens is 1. The van der Waals surface area contributed by atoms with Crippen LogP contribution in [0.4, 0.5) is 0 Å². The maximum absolute atomic E-state index is 3.96. The van der Waals surface area contributed by atoms with E-state index in [1.165, 1.54) is 7.76 Å². The molecule has 0 aliphatic rings. The average molecular weight is 288 g/mol. The Morgan fingerprint density at radius 2 is 1.92 bits per heavy atom. The molecule has 0 aliphatic heterocycles. The molecular weight excluding hydrogens is 283 g/mol. The molecule has 2 heterocycles. The van der Waals surface area contributed by atoms with Gasteiger partial charge in [0.1, 0.15) is 6.33 Å². The first-order valence-electron chi connectivity index (χ1n) is 3.37. The van der Waals surface area contributed by atoms with E-state index in [0.29, 0.717) is 0 Å². The third-order valence-electron chi connectivity index (χ3n) is 1.42. The summed E-state index contributed by atoms with van der Waals surface area (Å²) in [6, 6.07) is 4.18. The van der Waals surface area contributed by atoms with Gasteiger partial charge >= 0.3 is 0 Å². The van der Waals surface area contributed by atoms with Crippen molar-refractivity contribution >= 4 is 33.9 Å². The highest BCUT2D eigenvalue weighted by Gasteiger charge is 1.99. The van der Waals surface area contributed by atoms with Crippen molar-refractivity contribution in [3.63, 3.8) is 0 Å². The fourth-order valence-corrected chi connectivity index (χ4v) is 2.49. The minimum atomic E-state index is 1.09. The standard InChI is InChI=1S/C8H5IN2S/c9-8-2-1-7(12-8)6-3-10-5-11-4-6/h1-5H. The summed E-state index contributed by atoms with van der Waals surface area (Å²) in [6.07, 6.45) is 5.20. The molecule has 2 aromatic heterocycles. The van der Waals surface area contributed by atoms with Gasteiger partial charge in [-0.1, -0.05) is 0 Å². The van der Waals surface area contributed by atoms with Crippen LogP contribution in [-0.4, -0.2) is 9.97 Å². The van der Waals surface area contributed by atoms with E-state index >= 15 is 0 Å². The molecule has 0 fully saturated rings. The largest absolute Gasteiger partial charge is 0.244 e. The van der Waals surface area contributed by atoms with Crippen LogP contribution in [0.2, 0.25) is 0 Å². The molecule has 2 nitrogen and oxygen atoms in total. The molecule has 0 amide bonds. The third-order valence-corrected chi connectivity index (χ3v) is 3.36. The van der Waals surface area contributed by atoms with Gasteiger partial charge in [-0.2, -0.15) is 0 Å². The highest BCUT2D eigenvalue weighted by molar-refractivity contribution is 14.1. The van der Waals surface area contributed by atoms with Gasteiger partial charge in [-0.25, -0.2) is 9.97 Å². The van der Waals surface area contributed by atoms with E-state index in [-0.39, 0.29) is 0 Å². The Morgan fingerprint density at radius 3 is 2.50 bits per heavy atom. The van der Waals surface area contributed by atoms with E-state index in [0.717, 1.165) is 5.56 Å². The second kappa shape index (κ2) is 3.49. The lowest BCUT2D eigenvalue weighted by Gasteiger charge is -1.91. The van der Waals surface area contributed by atoms with Gasteiger partial charge in [0.15, 0.2) is 0 Å². The predicted molar refractivity (Wildman–Crippen MR) is 58.1 cm³/mol. The Labute approximate surface area is 87.8 Å². The van der Waals surface area contributed by atoms with Gasteiger partial charge in [0, 0.05) is 22.8 Å². The first-order chi connectivity index (χ1) is 5.86. The molecule has 0 saturated heterocycles. The molecule has 12 heavy (non-hydrogen) atoms. The molecule has 0 radical (unpaired) electrons. The molecule has 2 rings (SSSR count). The number of aromatic nitrogens is 2. The number of hydrogen-bond donors (Lipinski definition) is 0. The van der Waals surface area contributed by atoms with Gasteiger partial charge in [-0.3, -0.25) is 0 Å². The second-order valence-corrected chi connectivity index (χ2v) is 5.21. The van der Waals surface area contributed by atoms with Gasteiger partial charge in [0.05, 0.1) is 2.88 Å². The molecule has 0 N–H and O–H groups in total. The topological polar surface area (TPSA) is 25.8 Å². The van der Waals surface area contributed by atoms with Gasteiger partial charge < -0.3 is 0 Å². The SMILES string of the molecule is Ic1ccc(-c2cncnc2)s1. The van der Waals surface area contributed by atoms with Crippen LogP contribution in [0, 0.1) is 2.88 Å². The number of rotatable bonds is 1. The summed E-state index contributed by atoms with van der Waals surface area (Å²) >= 11 is 4.05. The highest BCUT2D eigenvalue weighted by Crippen LogP contribution is 2.27. The van der Waals surface area contributed by atoms with Crippen LogP contribution >= 0.6 is 33.9 Å². The Hall–Kier alpha value is -0.490. The minimum Gasteiger partial charge on any atom is -0.244 e. The lowest BCUT2D eigenvalue weighted by atomic mass is 10.3. The maximum Gasteiger partial charge on any atom is 0.115 e. The Balaban J connectivity index is 2.45. The normalized spacial score (nSPS) is 10.1. The first-order valence-corrected chi connectivity index (χ1v) is 5.26. The molecular formula is C8H5IN2S. The predicted octanol–water partition coefficient (Wildman–Crippen LogP) is 2.81. The van der Waals surface area contributed by atoms with Gasteiger partial charge in [-0.15, -0.1) is 11.3 Å². The van der Waals surface area contributed by atoms with Crippen molar-refractivity contribution in [2.24, 2.45) is 0 Å². The summed E-state index contributed by atoms with van der Waals surface area (Å²) in [6.45, 7) is 0. The van der Waals surface area contributed by atoms with Crippen molar-refractivity contribution in [3.8, 4) is 10.4 Å². The number of thiophene rings is 1. The average Bonchev–Trinajstić information content (AvgIpc) is 2.54. The van der Waals surface area contributed by atoms with E-state index in [9.17, 15) is 0 Å². The van der Waals surface area contributed by atoms with Crippen molar-refractivity contribution in [2.75, 3.05) is 0 Å². The number of nitrogens with zero attached hydrogens (tertiary/aromatic N) is 2. The smallest absolute Gasteiger partial charge is 0.115 e. The van der Waals surface area contributed by atoms with Crippen molar-refractivity contribution in [1.82, 2.24) is 9.97 Å². The summed E-state index contributed by atoms with van der Waals surface area (Å²) < 4.78 is 1.28. The molecule has 4 heteroatoms. The second-order valence-electron chi connectivity index (χ2n) is 2.23. The van der Waals surface area contributed by atoms with Crippen molar-refractivity contribution in [1.29, 1.82) is 0 Å². The quantitative estimate of drug-likeness (QED) is 0.754. The Bertz CT molecular complexity index is 372. The molecule has 2 aromatic rings. The molecule has 0 aromatic carbocycles. The molecule has 0 spiro atoms. The van der Waals surface area contributed by atoms with E-state index in [2.05, 4.69) is 44.7 Å². The monoisotopic (exact) mass is 288 g/mol. The van der Waals surface area contributed by atoms with Crippen LogP contribution in [0.15, 0.2) is 30.9 Å². The van der Waals surface area contributed by atoms with Gasteiger partial charge in [0.2, 0.25) is 0 Å². The molecule has 0 bridgehead atoms. The molecule has 0 saturated carbocycles. The zero-order valence-corrected chi connectivity index (χ0v) is 9.04. The van der Waals surface area contributed by atoms with Crippen LogP contribution in [0.3, 0.4) is 0 Å². The first kappa shape index (κ1) is 8.12. The Morgan fingerprint density at radius 1 is 1.17 bits per heavy atom. The fraction of sp³-hybridized carbons (Fsp3) is 0. The van der Waals surface area contributed by atoms with Crippen LogP contribution in [0.5, 0.6) is 0 Å². The zero-order chi connectivity index (χ0) is 8.39. The van der Waals surface area contributed by atoms with Gasteiger partial charge in [-0.05, 0) is 34.7 Å². The zero-order valence-electron chi connectivity index (χ0n) is 6.07. The summed E-state index contributed by atoms with van der Waals surface area (Å²) in [4.78, 5) is 9.15. The lowest BCUT2D eigenvalue weighted by molar-refractivity contribution is 1.17. The van der Waals surface area contributed by atoms with Crippen LogP contribution in [-0.2, 0) is 0 Å². The summed E-state index contributed by atoms with van der Waals surface area (Å²) in [5, 5.41) is 0. The third kappa shape index (κ3) is 1.64. The van der Waals surface area contributed by atoms with E-state index < -0.39 is 0 Å². The Kier molecular flexibility index (Phi) is 2.36. The van der Waals surface area contributed by atoms with Crippen molar-refractivity contribution < 1.29 is 0 Å². The van der Waals surface area contributed by atoms with E-state index in [1.54, 1.807) is 17.7 Å². The molecule has 0 atom stereocenters. The van der Waals surface area contributed by atoms with E-state index in [1.807, 2.05) is 12.4 Å². The minimum absolute atomic E-state index is 1.09. The van der Waals surface area contributed by atoms with E-state index in [4.69, 9.17) is 0 Å². The van der Waals surface area contributed by atoms with Crippen molar-refractivity contribution in [2.45, 2.75) is 0 Å².